The first-order valence-electron chi connectivity index (χ1n) is 8.94. The third kappa shape index (κ3) is 7.61. The first-order chi connectivity index (χ1) is 10.3. The minimum atomic E-state index is 0.427. The quantitative estimate of drug-likeness (QED) is 0.509. The summed E-state index contributed by atoms with van der Waals surface area (Å²) in [6.07, 6.45) is 14.2. The molecule has 0 aliphatic carbocycles. The van der Waals surface area contributed by atoms with Gasteiger partial charge in [0.2, 0.25) is 0 Å². The van der Waals surface area contributed by atoms with E-state index >= 15 is 0 Å². The van der Waals surface area contributed by atoms with E-state index in [-0.39, 0.29) is 0 Å². The number of aromatic nitrogens is 1. The second-order valence-electron chi connectivity index (χ2n) is 6.08. The second-order valence-corrected chi connectivity index (χ2v) is 6.08. The normalized spacial score (nSPS) is 12.5. The van der Waals surface area contributed by atoms with Gasteiger partial charge < -0.3 is 5.32 Å². The van der Waals surface area contributed by atoms with Gasteiger partial charge in [0.15, 0.2) is 0 Å². The van der Waals surface area contributed by atoms with Crippen molar-refractivity contribution in [1.29, 1.82) is 0 Å². The van der Waals surface area contributed by atoms with E-state index < -0.39 is 0 Å². The predicted octanol–water partition coefficient (Wildman–Crippen LogP) is 5.57. The minimum absolute atomic E-state index is 0.427. The Kier molecular flexibility index (Phi) is 10.1. The standard InChI is InChI=1S/C19H34N2/c1-4-6-7-8-9-10-11-12-15-18(20-5-2)19-17(3)14-13-16-21-19/h13-14,16,18,20H,4-12,15H2,1-3H3. The molecule has 2 heteroatoms. The van der Waals surface area contributed by atoms with Gasteiger partial charge in [-0.1, -0.05) is 71.3 Å². The van der Waals surface area contributed by atoms with Crippen LogP contribution in [0.5, 0.6) is 0 Å². The number of nitrogens with one attached hydrogen (secondary N) is 1. The average Bonchev–Trinajstić information content (AvgIpc) is 2.49. The minimum Gasteiger partial charge on any atom is -0.309 e. The molecule has 1 atom stereocenters. The molecule has 1 aromatic rings. The molecule has 0 aromatic carbocycles. The molecule has 0 aliphatic rings. The number of nitrogens with zero attached hydrogens (tertiary/aromatic N) is 1. The van der Waals surface area contributed by atoms with Crippen LogP contribution < -0.4 is 5.32 Å². The van der Waals surface area contributed by atoms with Crippen molar-refractivity contribution < 1.29 is 0 Å². The lowest BCUT2D eigenvalue weighted by atomic mass is 10.0. The Labute approximate surface area is 131 Å². The summed E-state index contributed by atoms with van der Waals surface area (Å²) in [6, 6.07) is 4.62. The SMILES string of the molecule is CCCCCCCCCCC(NCC)c1ncccc1C. The topological polar surface area (TPSA) is 24.9 Å². The molecule has 0 fully saturated rings. The molecule has 120 valence electrons. The maximum atomic E-state index is 4.58. The van der Waals surface area contributed by atoms with Crippen LogP contribution >= 0.6 is 0 Å². The van der Waals surface area contributed by atoms with Gasteiger partial charge in [-0.25, -0.2) is 0 Å². The fourth-order valence-corrected chi connectivity index (χ4v) is 2.93. The first kappa shape index (κ1) is 18.2. The van der Waals surface area contributed by atoms with Gasteiger partial charge in [0, 0.05) is 12.2 Å². The van der Waals surface area contributed by atoms with Crippen LogP contribution in [-0.2, 0) is 0 Å². The Morgan fingerprint density at radius 1 is 1.00 bits per heavy atom. The average molecular weight is 290 g/mol. The molecule has 21 heavy (non-hydrogen) atoms. The molecule has 0 radical (unpaired) electrons. The van der Waals surface area contributed by atoms with Gasteiger partial charge in [-0.3, -0.25) is 4.98 Å². The Morgan fingerprint density at radius 3 is 2.29 bits per heavy atom. The fourth-order valence-electron chi connectivity index (χ4n) is 2.93. The predicted molar refractivity (Wildman–Crippen MR) is 92.6 cm³/mol. The van der Waals surface area contributed by atoms with Gasteiger partial charge >= 0.3 is 0 Å². The van der Waals surface area contributed by atoms with Crippen molar-refractivity contribution in [3.8, 4) is 0 Å². The van der Waals surface area contributed by atoms with Crippen molar-refractivity contribution >= 4 is 0 Å². The molecular formula is C19H34N2. The van der Waals surface area contributed by atoms with Crippen molar-refractivity contribution in [2.75, 3.05) is 6.54 Å². The van der Waals surface area contributed by atoms with Crippen LogP contribution in [0.2, 0.25) is 0 Å². The largest absolute Gasteiger partial charge is 0.309 e. The summed E-state index contributed by atoms with van der Waals surface area (Å²) in [5.74, 6) is 0. The molecule has 1 aromatic heterocycles. The third-order valence-corrected chi connectivity index (χ3v) is 4.18. The van der Waals surface area contributed by atoms with Gasteiger partial charge in [0.05, 0.1) is 5.69 Å². The summed E-state index contributed by atoms with van der Waals surface area (Å²) >= 11 is 0. The number of hydrogen-bond donors (Lipinski definition) is 1. The molecular weight excluding hydrogens is 256 g/mol. The van der Waals surface area contributed by atoms with Crippen molar-refractivity contribution in [2.45, 2.75) is 84.6 Å². The van der Waals surface area contributed by atoms with E-state index in [0.717, 1.165) is 6.54 Å². The van der Waals surface area contributed by atoms with E-state index in [1.54, 1.807) is 0 Å². The van der Waals surface area contributed by atoms with Crippen molar-refractivity contribution in [2.24, 2.45) is 0 Å². The summed E-state index contributed by atoms with van der Waals surface area (Å²) in [5, 5.41) is 3.60. The molecule has 0 saturated heterocycles. The van der Waals surface area contributed by atoms with E-state index in [9.17, 15) is 0 Å². The monoisotopic (exact) mass is 290 g/mol. The Hall–Kier alpha value is -0.890. The lowest BCUT2D eigenvalue weighted by Gasteiger charge is -2.19. The van der Waals surface area contributed by atoms with Crippen LogP contribution in [0.3, 0.4) is 0 Å². The highest BCUT2D eigenvalue weighted by Gasteiger charge is 2.13. The van der Waals surface area contributed by atoms with Crippen LogP contribution in [0.25, 0.3) is 0 Å². The lowest BCUT2D eigenvalue weighted by molar-refractivity contribution is 0.465. The van der Waals surface area contributed by atoms with Crippen LogP contribution in [0.4, 0.5) is 0 Å². The molecule has 1 N–H and O–H groups in total. The molecule has 0 aliphatic heterocycles. The molecule has 0 amide bonds. The Morgan fingerprint density at radius 2 is 1.67 bits per heavy atom. The summed E-state index contributed by atoms with van der Waals surface area (Å²) in [7, 11) is 0. The van der Waals surface area contributed by atoms with Crippen molar-refractivity contribution in [3.05, 3.63) is 29.6 Å². The fraction of sp³-hybridized carbons (Fsp3) is 0.737. The highest BCUT2D eigenvalue weighted by Crippen LogP contribution is 2.21. The third-order valence-electron chi connectivity index (χ3n) is 4.18. The van der Waals surface area contributed by atoms with Crippen LogP contribution in [0.15, 0.2) is 18.3 Å². The van der Waals surface area contributed by atoms with Crippen LogP contribution in [-0.4, -0.2) is 11.5 Å². The van der Waals surface area contributed by atoms with Gasteiger partial charge in [-0.05, 0) is 31.5 Å². The van der Waals surface area contributed by atoms with Gasteiger partial charge in [0.25, 0.3) is 0 Å². The molecule has 0 bridgehead atoms. The highest BCUT2D eigenvalue weighted by molar-refractivity contribution is 5.21. The van der Waals surface area contributed by atoms with Gasteiger partial charge in [-0.2, -0.15) is 0 Å². The maximum absolute atomic E-state index is 4.58. The zero-order valence-electron chi connectivity index (χ0n) is 14.3. The van der Waals surface area contributed by atoms with E-state index in [4.69, 9.17) is 0 Å². The number of rotatable bonds is 12. The number of pyridine rings is 1. The zero-order chi connectivity index (χ0) is 15.3. The number of aryl methyl sites for hydroxylation is 1. The van der Waals surface area contributed by atoms with Gasteiger partial charge in [-0.15, -0.1) is 0 Å². The molecule has 0 saturated carbocycles. The first-order valence-corrected chi connectivity index (χ1v) is 8.94. The van der Waals surface area contributed by atoms with E-state index in [0.29, 0.717) is 6.04 Å². The molecule has 0 spiro atoms. The Balaban J connectivity index is 2.25. The summed E-state index contributed by atoms with van der Waals surface area (Å²) < 4.78 is 0. The van der Waals surface area contributed by atoms with Gasteiger partial charge in [0.1, 0.15) is 0 Å². The van der Waals surface area contributed by atoms with Crippen LogP contribution in [0.1, 0.15) is 88.9 Å². The second kappa shape index (κ2) is 11.7. The smallest absolute Gasteiger partial charge is 0.0602 e. The highest BCUT2D eigenvalue weighted by atomic mass is 14.9. The summed E-state index contributed by atoms with van der Waals surface area (Å²) in [4.78, 5) is 4.58. The number of hydrogen-bond acceptors (Lipinski definition) is 2. The van der Waals surface area contributed by atoms with E-state index in [1.165, 1.54) is 69.0 Å². The van der Waals surface area contributed by atoms with Crippen molar-refractivity contribution in [3.63, 3.8) is 0 Å². The molecule has 2 nitrogen and oxygen atoms in total. The lowest BCUT2D eigenvalue weighted by Crippen LogP contribution is -2.22. The van der Waals surface area contributed by atoms with E-state index in [1.807, 2.05) is 12.3 Å². The Bertz CT molecular complexity index is 362. The zero-order valence-corrected chi connectivity index (χ0v) is 14.3. The molecule has 1 rings (SSSR count). The molecule has 1 heterocycles. The van der Waals surface area contributed by atoms with Crippen LogP contribution in [0, 0.1) is 6.92 Å². The molecule has 1 unspecified atom stereocenters. The van der Waals surface area contributed by atoms with Crippen molar-refractivity contribution in [1.82, 2.24) is 10.3 Å². The summed E-state index contributed by atoms with van der Waals surface area (Å²) in [6.45, 7) is 7.64. The summed E-state index contributed by atoms with van der Waals surface area (Å²) in [5.41, 5.74) is 2.55. The van der Waals surface area contributed by atoms with E-state index in [2.05, 4.69) is 37.1 Å². The number of unbranched alkanes of at least 4 members (excludes halogenated alkanes) is 7. The maximum Gasteiger partial charge on any atom is 0.0602 e.